The molecule has 3 amide bonds. The van der Waals surface area contributed by atoms with Crippen molar-refractivity contribution in [2.45, 2.75) is 62.6 Å². The highest BCUT2D eigenvalue weighted by atomic mass is 32.2. The lowest BCUT2D eigenvalue weighted by molar-refractivity contribution is -0.143. The van der Waals surface area contributed by atoms with Crippen LogP contribution < -0.4 is 14.7 Å². The van der Waals surface area contributed by atoms with Crippen LogP contribution in [0.5, 0.6) is 0 Å². The van der Waals surface area contributed by atoms with Gasteiger partial charge in [0.15, 0.2) is 0 Å². The molecular weight excluding hydrogens is 596 g/mol. The lowest BCUT2D eigenvalue weighted by Crippen LogP contribution is -2.58. The van der Waals surface area contributed by atoms with Gasteiger partial charge in [0.2, 0.25) is 11.8 Å². The molecule has 1 N–H and O–H groups in total. The molecular formula is C37H46N4O4S. The highest BCUT2D eigenvalue weighted by Gasteiger charge is 2.74. The first kappa shape index (κ1) is 32.4. The van der Waals surface area contributed by atoms with Crippen molar-refractivity contribution in [1.82, 2.24) is 4.90 Å². The number of likely N-dealkylation sites (tertiary alicyclic amines) is 1. The minimum Gasteiger partial charge on any atom is -0.394 e. The average molecular weight is 643 g/mol. The van der Waals surface area contributed by atoms with Gasteiger partial charge < -0.3 is 24.7 Å². The van der Waals surface area contributed by atoms with Crippen molar-refractivity contribution in [3.05, 3.63) is 78.9 Å². The van der Waals surface area contributed by atoms with E-state index in [0.29, 0.717) is 13.1 Å². The molecule has 6 rings (SSSR count). The lowest BCUT2D eigenvalue weighted by atomic mass is 9.74. The van der Waals surface area contributed by atoms with Gasteiger partial charge in [0.05, 0.1) is 29.2 Å². The number of fused-ring (bicyclic) bond motifs is 2. The fourth-order valence-corrected chi connectivity index (χ4v) is 10.3. The summed E-state index contributed by atoms with van der Waals surface area (Å²) in [4.78, 5) is 52.1. The molecule has 2 fully saturated rings. The lowest BCUT2D eigenvalue weighted by Gasteiger charge is -2.41. The van der Waals surface area contributed by atoms with Crippen LogP contribution in [0.2, 0.25) is 0 Å². The third-order valence-electron chi connectivity index (χ3n) is 10.7. The number of para-hydroxylation sites is 1. The first-order valence-electron chi connectivity index (χ1n) is 16.7. The zero-order valence-corrected chi connectivity index (χ0v) is 28.3. The summed E-state index contributed by atoms with van der Waals surface area (Å²) >= 11 is 1.58. The van der Waals surface area contributed by atoms with Crippen molar-refractivity contribution in [3.8, 4) is 0 Å². The number of amides is 3. The Bertz CT molecular complexity index is 1530. The van der Waals surface area contributed by atoms with Crippen LogP contribution in [0, 0.1) is 17.8 Å². The summed E-state index contributed by atoms with van der Waals surface area (Å²) in [5.41, 5.74) is 2.63. The maximum atomic E-state index is 15.0. The van der Waals surface area contributed by atoms with Gasteiger partial charge in [-0.05, 0) is 63.1 Å². The number of aliphatic hydroxyl groups is 1. The smallest absolute Gasteiger partial charge is 0.251 e. The molecule has 0 saturated carbocycles. The van der Waals surface area contributed by atoms with Crippen LogP contribution in [-0.4, -0.2) is 82.1 Å². The van der Waals surface area contributed by atoms with Crippen molar-refractivity contribution in [2.75, 3.05) is 47.5 Å². The van der Waals surface area contributed by atoms with Crippen molar-refractivity contribution >= 4 is 46.5 Å². The Morgan fingerprint density at radius 2 is 1.46 bits per heavy atom. The fraction of sp³-hybridized carbons (Fsp3) is 0.486. The number of benzene rings is 2. The highest BCUT2D eigenvalue weighted by Crippen LogP contribution is 2.66. The van der Waals surface area contributed by atoms with Crippen molar-refractivity contribution in [1.29, 1.82) is 0 Å². The van der Waals surface area contributed by atoms with Gasteiger partial charge in [-0.2, -0.15) is 0 Å². The molecule has 2 aromatic rings. The number of rotatable bonds is 9. The van der Waals surface area contributed by atoms with Crippen molar-refractivity contribution < 1.29 is 19.5 Å². The Balaban J connectivity index is 1.47. The molecule has 0 aliphatic carbocycles. The van der Waals surface area contributed by atoms with E-state index in [-0.39, 0.29) is 30.2 Å². The normalized spacial score (nSPS) is 30.1. The van der Waals surface area contributed by atoms with Crippen LogP contribution in [0.3, 0.4) is 0 Å². The Labute approximate surface area is 277 Å². The topological polar surface area (TPSA) is 84.4 Å². The van der Waals surface area contributed by atoms with Gasteiger partial charge in [-0.1, -0.05) is 62.8 Å². The minimum absolute atomic E-state index is 0.0476. The average Bonchev–Trinajstić information content (AvgIpc) is 3.33. The number of aliphatic hydroxyl groups excluding tert-OH is 1. The fourth-order valence-electron chi connectivity index (χ4n) is 8.14. The quantitative estimate of drug-likeness (QED) is 0.382. The molecule has 4 aliphatic heterocycles. The second-order valence-electron chi connectivity index (χ2n) is 13.1. The molecule has 1 unspecified atom stereocenters. The number of anilines is 3. The van der Waals surface area contributed by atoms with Crippen molar-refractivity contribution in [3.63, 3.8) is 0 Å². The first-order chi connectivity index (χ1) is 22.2. The molecule has 0 aromatic heterocycles. The van der Waals surface area contributed by atoms with E-state index in [1.807, 2.05) is 93.6 Å². The number of hydrogen-bond acceptors (Lipinski definition) is 6. The maximum Gasteiger partial charge on any atom is 0.251 e. The largest absolute Gasteiger partial charge is 0.394 e. The Hall–Kier alpha value is -3.56. The second-order valence-corrected chi connectivity index (χ2v) is 14.9. The number of carbonyl (C=O) groups excluding carboxylic acids is 3. The Morgan fingerprint density at radius 3 is 2.07 bits per heavy atom. The molecule has 1 spiro atoms. The van der Waals surface area contributed by atoms with Gasteiger partial charge in [0.25, 0.3) is 5.91 Å². The van der Waals surface area contributed by atoms with E-state index in [0.717, 1.165) is 36.6 Å². The van der Waals surface area contributed by atoms with Gasteiger partial charge in [0.1, 0.15) is 6.04 Å². The molecule has 8 nitrogen and oxygen atoms in total. The van der Waals surface area contributed by atoms with Gasteiger partial charge in [0, 0.05) is 48.0 Å². The highest BCUT2D eigenvalue weighted by molar-refractivity contribution is 8.02. The molecule has 4 heterocycles. The summed E-state index contributed by atoms with van der Waals surface area (Å²) in [5.74, 6) is -2.02. The third kappa shape index (κ3) is 4.98. The Morgan fingerprint density at radius 1 is 0.848 bits per heavy atom. The summed E-state index contributed by atoms with van der Waals surface area (Å²) < 4.78 is -1.69. The van der Waals surface area contributed by atoms with Crippen LogP contribution in [-0.2, 0) is 14.4 Å². The van der Waals surface area contributed by atoms with Crippen LogP contribution >= 0.6 is 11.8 Å². The van der Waals surface area contributed by atoms with Gasteiger partial charge in [-0.15, -0.1) is 11.8 Å². The summed E-state index contributed by atoms with van der Waals surface area (Å²) in [5, 5.41) is 10.8. The minimum atomic E-state index is -0.982. The van der Waals surface area contributed by atoms with E-state index in [1.54, 1.807) is 26.5 Å². The molecule has 46 heavy (non-hydrogen) atoms. The van der Waals surface area contributed by atoms with E-state index in [1.165, 1.54) is 0 Å². The standard InChI is InChI=1S/C37H46N4O4S/c1-6-25(4)29(24-42)41-32-35(45)40(28-18-16-26(17-19-28)38(7-2)8-3)23-13-21-37(32)31(34(41)44)30-33(43)39(27-14-10-9-11-15-27)22-12-20-36(30,5)46-37/h9-21,25,29-32,42H,6-8,22-24H2,1-5H3/t25-,29-,30+,31-,32?,36-,37-/m0/s1. The number of thioether (sulfide) groups is 1. The molecule has 9 heteroatoms. The second kappa shape index (κ2) is 12.6. The summed E-state index contributed by atoms with van der Waals surface area (Å²) in [6.45, 7) is 12.6. The predicted molar refractivity (Wildman–Crippen MR) is 186 cm³/mol. The molecule has 7 atom stereocenters. The number of nitrogens with zero attached hydrogens (tertiary/aromatic N) is 4. The number of carbonyl (C=O) groups is 3. The van der Waals surface area contributed by atoms with Gasteiger partial charge >= 0.3 is 0 Å². The van der Waals surface area contributed by atoms with E-state index in [9.17, 15) is 14.7 Å². The van der Waals surface area contributed by atoms with Gasteiger partial charge in [-0.25, -0.2) is 0 Å². The molecule has 244 valence electrons. The van der Waals surface area contributed by atoms with E-state index in [2.05, 4.69) is 24.8 Å². The maximum absolute atomic E-state index is 15.0. The molecule has 2 aromatic carbocycles. The van der Waals surface area contributed by atoms with E-state index < -0.39 is 33.4 Å². The Kier molecular flexibility index (Phi) is 8.85. The zero-order valence-electron chi connectivity index (χ0n) is 27.5. The van der Waals surface area contributed by atoms with Crippen LogP contribution in [0.1, 0.15) is 41.0 Å². The monoisotopic (exact) mass is 642 g/mol. The van der Waals surface area contributed by atoms with E-state index in [4.69, 9.17) is 0 Å². The molecule has 4 aliphatic rings. The van der Waals surface area contributed by atoms with Crippen LogP contribution in [0.25, 0.3) is 0 Å². The van der Waals surface area contributed by atoms with Gasteiger partial charge in [-0.3, -0.25) is 14.4 Å². The number of hydrogen-bond donors (Lipinski definition) is 1. The van der Waals surface area contributed by atoms with E-state index >= 15 is 4.79 Å². The SMILES string of the molecule is CC[C@H](C)[C@H](CO)N1C(=O)[C@@H]2[C@@H]3C(=O)N(c4ccccc4)CC=C[C@]3(C)S[C@@]23C=CCN(c2ccc(N(CC)CC)cc2)C(=O)C13. The third-order valence-corrected chi connectivity index (χ3v) is 12.5. The first-order valence-corrected chi connectivity index (χ1v) is 17.5. The summed E-state index contributed by atoms with van der Waals surface area (Å²) in [6.07, 6.45) is 8.89. The van der Waals surface area contributed by atoms with Crippen LogP contribution in [0.15, 0.2) is 78.9 Å². The van der Waals surface area contributed by atoms with Crippen LogP contribution in [0.4, 0.5) is 17.1 Å². The predicted octanol–water partition coefficient (Wildman–Crippen LogP) is 5.13. The summed E-state index contributed by atoms with van der Waals surface area (Å²) in [6, 6.07) is 16.2. The molecule has 2 saturated heterocycles. The summed E-state index contributed by atoms with van der Waals surface area (Å²) in [7, 11) is 0. The zero-order chi connectivity index (χ0) is 32.8. The van der Waals surface area contributed by atoms with Crippen molar-refractivity contribution in [2.24, 2.45) is 17.8 Å². The molecule has 0 radical (unpaired) electrons. The molecule has 0 bridgehead atoms.